The molecule has 1 aliphatic carbocycles. The van der Waals surface area contributed by atoms with Crippen LogP contribution in [0.15, 0.2) is 0 Å². The molecule has 17 heavy (non-hydrogen) atoms. The van der Waals surface area contributed by atoms with Crippen LogP contribution in [0, 0.1) is 5.41 Å². The topological polar surface area (TPSA) is 64.3 Å². The van der Waals surface area contributed by atoms with Crippen molar-refractivity contribution in [2.24, 2.45) is 11.1 Å². The Morgan fingerprint density at radius 1 is 1.53 bits per heavy atom. The van der Waals surface area contributed by atoms with Crippen LogP contribution in [-0.2, 0) is 9.53 Å². The van der Waals surface area contributed by atoms with Crippen LogP contribution in [0.3, 0.4) is 0 Å². The third-order valence-electron chi connectivity index (χ3n) is 3.56. The molecule has 1 rings (SSSR count). The largest absolute Gasteiger partial charge is 0.382 e. The Morgan fingerprint density at radius 2 is 2.24 bits per heavy atom. The predicted octanol–water partition coefficient (Wildman–Crippen LogP) is 1.44. The van der Waals surface area contributed by atoms with E-state index in [1.807, 2.05) is 13.8 Å². The molecule has 100 valence electrons. The van der Waals surface area contributed by atoms with Crippen LogP contribution in [0.1, 0.15) is 46.0 Å². The van der Waals surface area contributed by atoms with Gasteiger partial charge in [-0.3, -0.25) is 4.79 Å². The summed E-state index contributed by atoms with van der Waals surface area (Å²) in [5.41, 5.74) is 5.89. The van der Waals surface area contributed by atoms with E-state index in [4.69, 9.17) is 10.5 Å². The van der Waals surface area contributed by atoms with Gasteiger partial charge in [0.05, 0.1) is 0 Å². The Labute approximate surface area is 104 Å². The first-order chi connectivity index (χ1) is 8.08. The highest BCUT2D eigenvalue weighted by atomic mass is 16.5. The van der Waals surface area contributed by atoms with Crippen molar-refractivity contribution in [3.8, 4) is 0 Å². The van der Waals surface area contributed by atoms with Crippen LogP contribution in [0.2, 0.25) is 0 Å². The molecule has 0 aromatic heterocycles. The van der Waals surface area contributed by atoms with Crippen LogP contribution in [0.25, 0.3) is 0 Å². The molecule has 0 radical (unpaired) electrons. The predicted molar refractivity (Wildman–Crippen MR) is 68.7 cm³/mol. The summed E-state index contributed by atoms with van der Waals surface area (Å²) in [6.45, 7) is 6.23. The van der Waals surface area contributed by atoms with Gasteiger partial charge < -0.3 is 15.8 Å². The highest BCUT2D eigenvalue weighted by Crippen LogP contribution is 2.43. The number of carbonyl (C=O) groups is 1. The lowest BCUT2D eigenvalue weighted by atomic mass is 9.66. The zero-order valence-corrected chi connectivity index (χ0v) is 11.1. The standard InChI is InChI=1S/C13H26N2O2/c1-3-17-8-7-13(5-4-6-13)10-15-12(16)9-11(2)14/h11H,3-10,14H2,1-2H3,(H,15,16). The number of ether oxygens (including phenoxy) is 1. The number of hydrogen-bond acceptors (Lipinski definition) is 3. The van der Waals surface area contributed by atoms with Crippen molar-refractivity contribution in [2.45, 2.75) is 52.0 Å². The monoisotopic (exact) mass is 242 g/mol. The average Bonchev–Trinajstić information content (AvgIpc) is 2.20. The molecular formula is C13H26N2O2. The van der Waals surface area contributed by atoms with Gasteiger partial charge in [0.2, 0.25) is 5.91 Å². The fourth-order valence-electron chi connectivity index (χ4n) is 2.28. The molecule has 1 unspecified atom stereocenters. The molecule has 4 heteroatoms. The summed E-state index contributed by atoms with van der Waals surface area (Å²) < 4.78 is 5.40. The third-order valence-corrected chi connectivity index (χ3v) is 3.56. The Bertz CT molecular complexity index is 238. The maximum atomic E-state index is 11.5. The zero-order chi connectivity index (χ0) is 12.7. The van der Waals surface area contributed by atoms with Crippen LogP contribution in [-0.4, -0.2) is 31.7 Å². The summed E-state index contributed by atoms with van der Waals surface area (Å²) in [5.74, 6) is 0.0719. The van der Waals surface area contributed by atoms with E-state index in [0.717, 1.165) is 26.2 Å². The lowest BCUT2D eigenvalue weighted by Gasteiger charge is -2.42. The smallest absolute Gasteiger partial charge is 0.221 e. The van der Waals surface area contributed by atoms with Crippen molar-refractivity contribution in [3.63, 3.8) is 0 Å². The lowest BCUT2D eigenvalue weighted by molar-refractivity contribution is -0.122. The minimum atomic E-state index is -0.0595. The van der Waals surface area contributed by atoms with Gasteiger partial charge in [-0.05, 0) is 38.5 Å². The minimum Gasteiger partial charge on any atom is -0.382 e. The number of nitrogens with two attached hydrogens (primary N) is 1. The number of hydrogen-bond donors (Lipinski definition) is 2. The molecule has 1 saturated carbocycles. The second kappa shape index (κ2) is 6.97. The Kier molecular flexibility index (Phi) is 5.92. The molecule has 0 saturated heterocycles. The summed E-state index contributed by atoms with van der Waals surface area (Å²) >= 11 is 0. The van der Waals surface area contributed by atoms with Gasteiger partial charge in [0.25, 0.3) is 0 Å². The molecule has 0 heterocycles. The van der Waals surface area contributed by atoms with Gasteiger partial charge in [0, 0.05) is 32.2 Å². The molecular weight excluding hydrogens is 216 g/mol. The first kappa shape index (κ1) is 14.5. The van der Waals surface area contributed by atoms with Gasteiger partial charge in [-0.25, -0.2) is 0 Å². The van der Waals surface area contributed by atoms with Crippen LogP contribution < -0.4 is 11.1 Å². The molecule has 0 bridgehead atoms. The summed E-state index contributed by atoms with van der Waals surface area (Å²) in [6, 6.07) is -0.0595. The first-order valence-electron chi connectivity index (χ1n) is 6.68. The van der Waals surface area contributed by atoms with Gasteiger partial charge in [-0.15, -0.1) is 0 Å². The van der Waals surface area contributed by atoms with Gasteiger partial charge >= 0.3 is 0 Å². The van der Waals surface area contributed by atoms with Crippen molar-refractivity contribution >= 4 is 5.91 Å². The number of rotatable bonds is 8. The van der Waals surface area contributed by atoms with Gasteiger partial charge in [-0.2, -0.15) is 0 Å². The van der Waals surface area contributed by atoms with E-state index < -0.39 is 0 Å². The van der Waals surface area contributed by atoms with Gasteiger partial charge in [0.1, 0.15) is 0 Å². The number of nitrogens with one attached hydrogen (secondary N) is 1. The zero-order valence-electron chi connectivity index (χ0n) is 11.1. The molecule has 0 aliphatic heterocycles. The maximum absolute atomic E-state index is 11.5. The van der Waals surface area contributed by atoms with Crippen molar-refractivity contribution in [1.29, 1.82) is 0 Å². The summed E-state index contributed by atoms with van der Waals surface area (Å²) in [7, 11) is 0. The number of carbonyl (C=O) groups excluding carboxylic acids is 1. The average molecular weight is 242 g/mol. The third kappa shape index (κ3) is 5.04. The van der Waals surface area contributed by atoms with Crippen molar-refractivity contribution < 1.29 is 9.53 Å². The fraction of sp³-hybridized carbons (Fsp3) is 0.923. The lowest BCUT2D eigenvalue weighted by Crippen LogP contribution is -2.43. The second-order valence-electron chi connectivity index (χ2n) is 5.26. The highest BCUT2D eigenvalue weighted by Gasteiger charge is 2.36. The number of amides is 1. The molecule has 1 amide bonds. The van der Waals surface area contributed by atoms with Gasteiger partial charge in [0.15, 0.2) is 0 Å². The van der Waals surface area contributed by atoms with E-state index in [1.54, 1.807) is 0 Å². The summed E-state index contributed by atoms with van der Waals surface area (Å²) in [4.78, 5) is 11.5. The second-order valence-corrected chi connectivity index (χ2v) is 5.26. The molecule has 4 nitrogen and oxygen atoms in total. The van der Waals surface area contributed by atoms with E-state index in [9.17, 15) is 4.79 Å². The van der Waals surface area contributed by atoms with Crippen molar-refractivity contribution in [3.05, 3.63) is 0 Å². The minimum absolute atomic E-state index is 0.0595. The van der Waals surface area contributed by atoms with E-state index in [1.165, 1.54) is 19.3 Å². The Hall–Kier alpha value is -0.610. The van der Waals surface area contributed by atoms with E-state index in [2.05, 4.69) is 5.32 Å². The van der Waals surface area contributed by atoms with Crippen LogP contribution in [0.5, 0.6) is 0 Å². The molecule has 0 spiro atoms. The van der Waals surface area contributed by atoms with E-state index >= 15 is 0 Å². The Morgan fingerprint density at radius 3 is 2.71 bits per heavy atom. The first-order valence-corrected chi connectivity index (χ1v) is 6.68. The molecule has 0 aromatic carbocycles. The van der Waals surface area contributed by atoms with Crippen LogP contribution >= 0.6 is 0 Å². The van der Waals surface area contributed by atoms with E-state index in [-0.39, 0.29) is 11.9 Å². The fourth-order valence-corrected chi connectivity index (χ4v) is 2.28. The van der Waals surface area contributed by atoms with Crippen LogP contribution in [0.4, 0.5) is 0 Å². The SMILES string of the molecule is CCOCCC1(CNC(=O)CC(C)N)CCC1. The van der Waals surface area contributed by atoms with Crippen molar-refractivity contribution in [1.82, 2.24) is 5.32 Å². The normalized spacial score (nSPS) is 19.5. The molecule has 3 N–H and O–H groups in total. The van der Waals surface area contributed by atoms with Crippen molar-refractivity contribution in [2.75, 3.05) is 19.8 Å². The highest BCUT2D eigenvalue weighted by molar-refractivity contribution is 5.76. The van der Waals surface area contributed by atoms with Gasteiger partial charge in [-0.1, -0.05) is 6.42 Å². The molecule has 1 fully saturated rings. The molecule has 1 aliphatic rings. The molecule has 1 atom stereocenters. The quantitative estimate of drug-likeness (QED) is 0.633. The summed E-state index contributed by atoms with van der Waals surface area (Å²) in [6.07, 6.45) is 5.16. The summed E-state index contributed by atoms with van der Waals surface area (Å²) in [5, 5.41) is 3.01. The van der Waals surface area contributed by atoms with E-state index in [0.29, 0.717) is 11.8 Å². The molecule has 0 aromatic rings. The Balaban J connectivity index is 2.24. The maximum Gasteiger partial charge on any atom is 0.221 e.